The van der Waals surface area contributed by atoms with Crippen LogP contribution in [0.15, 0.2) is 6.07 Å². The summed E-state index contributed by atoms with van der Waals surface area (Å²) in [5.41, 5.74) is -0.244. The number of aldehydes is 1. The van der Waals surface area contributed by atoms with Crippen LogP contribution in [0.5, 0.6) is 5.75 Å². The number of rotatable bonds is 3. The molecule has 0 bridgehead atoms. The zero-order chi connectivity index (χ0) is 10.7. The fourth-order valence-corrected chi connectivity index (χ4v) is 1.10. The van der Waals surface area contributed by atoms with Crippen molar-refractivity contribution in [3.63, 3.8) is 0 Å². The van der Waals surface area contributed by atoms with Gasteiger partial charge in [0.1, 0.15) is 5.75 Å². The molecule has 0 aromatic heterocycles. The molecule has 4 heteroatoms. The predicted molar refractivity (Wildman–Crippen MR) is 47.7 cm³/mol. The Morgan fingerprint density at radius 1 is 1.43 bits per heavy atom. The van der Waals surface area contributed by atoms with E-state index in [9.17, 15) is 13.6 Å². The molecular weight excluding hydrogens is 190 g/mol. The van der Waals surface area contributed by atoms with Gasteiger partial charge in [0.25, 0.3) is 0 Å². The van der Waals surface area contributed by atoms with Crippen LogP contribution in [-0.4, -0.2) is 12.9 Å². The van der Waals surface area contributed by atoms with Crippen molar-refractivity contribution in [2.45, 2.75) is 13.8 Å². The Morgan fingerprint density at radius 2 is 2.07 bits per heavy atom. The van der Waals surface area contributed by atoms with E-state index in [1.54, 1.807) is 6.92 Å². The number of hydrogen-bond acceptors (Lipinski definition) is 2. The first-order valence-electron chi connectivity index (χ1n) is 4.18. The molecule has 0 aliphatic heterocycles. The smallest absolute Gasteiger partial charge is 0.169 e. The van der Waals surface area contributed by atoms with E-state index in [0.717, 1.165) is 0 Å². The highest BCUT2D eigenvalue weighted by Gasteiger charge is 2.15. The Balaban J connectivity index is 3.32. The van der Waals surface area contributed by atoms with Crippen molar-refractivity contribution in [3.8, 4) is 5.75 Å². The van der Waals surface area contributed by atoms with Gasteiger partial charge in [-0.2, -0.15) is 0 Å². The number of benzene rings is 1. The lowest BCUT2D eigenvalue weighted by Crippen LogP contribution is -2.01. The van der Waals surface area contributed by atoms with E-state index in [4.69, 9.17) is 4.74 Å². The minimum atomic E-state index is -1.12. The van der Waals surface area contributed by atoms with Crippen LogP contribution < -0.4 is 4.74 Å². The van der Waals surface area contributed by atoms with Crippen LogP contribution in [0.4, 0.5) is 8.78 Å². The fraction of sp³-hybridized carbons (Fsp3) is 0.300. The van der Waals surface area contributed by atoms with Gasteiger partial charge in [-0.25, -0.2) is 8.78 Å². The van der Waals surface area contributed by atoms with E-state index >= 15 is 0 Å². The first-order valence-corrected chi connectivity index (χ1v) is 4.18. The van der Waals surface area contributed by atoms with Gasteiger partial charge >= 0.3 is 0 Å². The first kappa shape index (κ1) is 10.6. The van der Waals surface area contributed by atoms with Crippen LogP contribution in [0.2, 0.25) is 0 Å². The average Bonchev–Trinajstić information content (AvgIpc) is 2.19. The summed E-state index contributed by atoms with van der Waals surface area (Å²) in [5.74, 6) is -1.95. The molecule has 0 radical (unpaired) electrons. The topological polar surface area (TPSA) is 26.3 Å². The lowest BCUT2D eigenvalue weighted by Gasteiger charge is -2.09. The predicted octanol–water partition coefficient (Wildman–Crippen LogP) is 2.48. The largest absolute Gasteiger partial charge is 0.493 e. The van der Waals surface area contributed by atoms with E-state index in [2.05, 4.69) is 0 Å². The first-order chi connectivity index (χ1) is 6.61. The van der Waals surface area contributed by atoms with Gasteiger partial charge in [0.05, 0.1) is 12.2 Å². The molecule has 1 rings (SSSR count). The highest BCUT2D eigenvalue weighted by atomic mass is 19.2. The lowest BCUT2D eigenvalue weighted by molar-refractivity contribution is 0.111. The monoisotopic (exact) mass is 200 g/mol. The Bertz CT molecular complexity index is 362. The average molecular weight is 200 g/mol. The SMILES string of the molecule is CCOc1cc(C=O)c(F)c(F)c1C. The van der Waals surface area contributed by atoms with E-state index in [-0.39, 0.29) is 23.2 Å². The van der Waals surface area contributed by atoms with E-state index in [1.165, 1.54) is 13.0 Å². The van der Waals surface area contributed by atoms with E-state index < -0.39 is 11.6 Å². The molecule has 2 nitrogen and oxygen atoms in total. The summed E-state index contributed by atoms with van der Waals surface area (Å²) in [6.07, 6.45) is 0.264. The third-order valence-corrected chi connectivity index (χ3v) is 1.86. The molecule has 0 aliphatic rings. The molecule has 0 fully saturated rings. The van der Waals surface area contributed by atoms with Gasteiger partial charge in [-0.05, 0) is 19.9 Å². The van der Waals surface area contributed by atoms with Crippen LogP contribution in [0, 0.1) is 18.6 Å². The highest BCUT2D eigenvalue weighted by Crippen LogP contribution is 2.25. The second kappa shape index (κ2) is 4.17. The molecule has 1 aromatic carbocycles. The fourth-order valence-electron chi connectivity index (χ4n) is 1.10. The van der Waals surface area contributed by atoms with E-state index in [1.807, 2.05) is 0 Å². The van der Waals surface area contributed by atoms with Crippen molar-refractivity contribution >= 4 is 6.29 Å². The molecule has 0 atom stereocenters. The van der Waals surface area contributed by atoms with Gasteiger partial charge in [0.15, 0.2) is 17.9 Å². The van der Waals surface area contributed by atoms with E-state index in [0.29, 0.717) is 6.61 Å². The second-order valence-electron chi connectivity index (χ2n) is 2.77. The van der Waals surface area contributed by atoms with Crippen LogP contribution in [0.1, 0.15) is 22.8 Å². The number of halogens is 2. The van der Waals surface area contributed by atoms with Gasteiger partial charge in [-0.3, -0.25) is 4.79 Å². The second-order valence-corrected chi connectivity index (χ2v) is 2.77. The molecule has 76 valence electrons. The Hall–Kier alpha value is -1.45. The molecule has 0 saturated carbocycles. The summed E-state index contributed by atoms with van der Waals surface area (Å²) in [4.78, 5) is 10.4. The summed E-state index contributed by atoms with van der Waals surface area (Å²) in [6.45, 7) is 3.46. The summed E-state index contributed by atoms with van der Waals surface area (Å²) < 4.78 is 31.2. The van der Waals surface area contributed by atoms with Crippen molar-refractivity contribution < 1.29 is 18.3 Å². The van der Waals surface area contributed by atoms with Gasteiger partial charge in [0.2, 0.25) is 0 Å². The number of ether oxygens (including phenoxy) is 1. The standard InChI is InChI=1S/C10H10F2O2/c1-3-14-8-4-7(5-13)10(12)9(11)6(8)2/h4-5H,3H2,1-2H3. The number of carbonyl (C=O) groups is 1. The Kier molecular flexibility index (Phi) is 3.17. The summed E-state index contributed by atoms with van der Waals surface area (Å²) in [6, 6.07) is 1.20. The maximum Gasteiger partial charge on any atom is 0.169 e. The van der Waals surface area contributed by atoms with Gasteiger partial charge in [0, 0.05) is 5.56 Å². The third kappa shape index (κ3) is 1.73. The van der Waals surface area contributed by atoms with Gasteiger partial charge < -0.3 is 4.74 Å². The summed E-state index contributed by atoms with van der Waals surface area (Å²) in [7, 11) is 0. The lowest BCUT2D eigenvalue weighted by atomic mass is 10.1. The van der Waals surface area contributed by atoms with Crippen molar-refractivity contribution in [2.75, 3.05) is 6.61 Å². The molecule has 0 aliphatic carbocycles. The third-order valence-electron chi connectivity index (χ3n) is 1.86. The summed E-state index contributed by atoms with van der Waals surface area (Å²) in [5, 5.41) is 0. The molecule has 14 heavy (non-hydrogen) atoms. The molecule has 1 aromatic rings. The molecule has 0 saturated heterocycles. The van der Waals surface area contributed by atoms with Crippen LogP contribution in [0.3, 0.4) is 0 Å². The molecule has 0 N–H and O–H groups in total. The maximum absolute atomic E-state index is 13.1. The molecule has 0 heterocycles. The van der Waals surface area contributed by atoms with Crippen molar-refractivity contribution in [3.05, 3.63) is 28.8 Å². The zero-order valence-electron chi connectivity index (χ0n) is 7.93. The zero-order valence-corrected chi connectivity index (χ0v) is 7.93. The molecule has 0 amide bonds. The van der Waals surface area contributed by atoms with Gasteiger partial charge in [-0.1, -0.05) is 0 Å². The van der Waals surface area contributed by atoms with Crippen LogP contribution >= 0.6 is 0 Å². The van der Waals surface area contributed by atoms with Crippen LogP contribution in [0.25, 0.3) is 0 Å². The van der Waals surface area contributed by atoms with Crippen LogP contribution in [-0.2, 0) is 0 Å². The Morgan fingerprint density at radius 3 is 2.57 bits per heavy atom. The van der Waals surface area contributed by atoms with Crippen molar-refractivity contribution in [1.29, 1.82) is 0 Å². The minimum absolute atomic E-state index is 0.0787. The summed E-state index contributed by atoms with van der Waals surface area (Å²) >= 11 is 0. The molecule has 0 unspecified atom stereocenters. The normalized spacial score (nSPS) is 10.0. The quantitative estimate of drug-likeness (QED) is 0.700. The highest BCUT2D eigenvalue weighted by molar-refractivity contribution is 5.76. The maximum atomic E-state index is 13.1. The van der Waals surface area contributed by atoms with Crippen molar-refractivity contribution in [1.82, 2.24) is 0 Å². The van der Waals surface area contributed by atoms with Crippen molar-refractivity contribution in [2.24, 2.45) is 0 Å². The minimum Gasteiger partial charge on any atom is -0.493 e. The van der Waals surface area contributed by atoms with Gasteiger partial charge in [-0.15, -0.1) is 0 Å². The molecular formula is C10H10F2O2. The Labute approximate surface area is 80.5 Å². The molecule has 0 spiro atoms. The number of hydrogen-bond donors (Lipinski definition) is 0. The number of carbonyl (C=O) groups excluding carboxylic acids is 1.